The number of benzene rings is 1. The fourth-order valence-corrected chi connectivity index (χ4v) is 3.90. The number of nitrogens with one attached hydrogen (secondary N) is 2. The monoisotopic (exact) mass is 329 g/mol. The van der Waals surface area contributed by atoms with Gasteiger partial charge in [0.1, 0.15) is 6.54 Å². The number of carbonyl (C=O) groups is 1. The van der Waals surface area contributed by atoms with E-state index in [1.54, 1.807) is 0 Å². The van der Waals surface area contributed by atoms with Crippen LogP contribution in [0.3, 0.4) is 0 Å². The Morgan fingerprint density at radius 1 is 1.29 bits per heavy atom. The molecule has 128 valence electrons. The summed E-state index contributed by atoms with van der Waals surface area (Å²) in [5.41, 5.74) is 1.34. The molecule has 2 heterocycles. The number of fused-ring (bicyclic) bond motifs is 1. The van der Waals surface area contributed by atoms with E-state index in [-0.39, 0.29) is 29.8 Å². The van der Waals surface area contributed by atoms with Gasteiger partial charge in [-0.15, -0.1) is 0 Å². The summed E-state index contributed by atoms with van der Waals surface area (Å²) in [7, 11) is 0. The van der Waals surface area contributed by atoms with E-state index in [1.165, 1.54) is 17.4 Å². The molecule has 1 aliphatic carbocycles. The number of aromatic amines is 1. The highest BCUT2D eigenvalue weighted by Crippen LogP contribution is 2.43. The minimum absolute atomic E-state index is 0.0285. The van der Waals surface area contributed by atoms with Crippen molar-refractivity contribution in [3.63, 3.8) is 0 Å². The van der Waals surface area contributed by atoms with Crippen molar-refractivity contribution < 1.29 is 9.53 Å². The third-order valence-corrected chi connectivity index (χ3v) is 5.35. The number of hydrogen-bond donors (Lipinski definition) is 2. The highest BCUT2D eigenvalue weighted by molar-refractivity contribution is 5.80. The third-order valence-electron chi connectivity index (χ3n) is 5.35. The summed E-state index contributed by atoms with van der Waals surface area (Å²) in [6.07, 6.45) is 6.98. The molecule has 2 aliphatic rings. The van der Waals surface area contributed by atoms with E-state index >= 15 is 0 Å². The molecule has 1 aromatic carbocycles. The molecule has 2 fully saturated rings. The molecule has 6 nitrogen and oxygen atoms in total. The lowest BCUT2D eigenvalue weighted by Crippen LogP contribution is -2.49. The highest BCUT2D eigenvalue weighted by atomic mass is 16.5. The molecule has 1 atom stereocenters. The van der Waals surface area contributed by atoms with Crippen LogP contribution < -0.4 is 11.0 Å². The number of H-pyrrole nitrogens is 1. The van der Waals surface area contributed by atoms with Gasteiger partial charge in [0.25, 0.3) is 0 Å². The van der Waals surface area contributed by atoms with Crippen LogP contribution in [-0.2, 0) is 16.1 Å². The van der Waals surface area contributed by atoms with E-state index < -0.39 is 0 Å². The largest absolute Gasteiger partial charge is 0.370 e. The topological polar surface area (TPSA) is 76.1 Å². The Balaban J connectivity index is 1.36. The van der Waals surface area contributed by atoms with Gasteiger partial charge in [0, 0.05) is 6.54 Å². The Morgan fingerprint density at radius 3 is 2.88 bits per heavy atom. The second-order valence-electron chi connectivity index (χ2n) is 7.01. The van der Waals surface area contributed by atoms with Crippen LogP contribution in [0.15, 0.2) is 29.1 Å². The summed E-state index contributed by atoms with van der Waals surface area (Å²) >= 11 is 0. The lowest BCUT2D eigenvalue weighted by Gasteiger charge is -2.47. The van der Waals surface area contributed by atoms with Crippen LogP contribution in [0.1, 0.15) is 38.5 Å². The Hall–Kier alpha value is -2.08. The summed E-state index contributed by atoms with van der Waals surface area (Å²) in [6.45, 7) is 0.554. The first-order chi connectivity index (χ1) is 11.7. The smallest absolute Gasteiger partial charge is 0.326 e. The molecule has 2 aromatic rings. The van der Waals surface area contributed by atoms with Crippen LogP contribution in [0.4, 0.5) is 0 Å². The number of aromatic nitrogens is 2. The fraction of sp³-hybridized carbons (Fsp3) is 0.556. The Morgan fingerprint density at radius 2 is 2.08 bits per heavy atom. The van der Waals surface area contributed by atoms with Crippen molar-refractivity contribution in [2.24, 2.45) is 0 Å². The van der Waals surface area contributed by atoms with E-state index in [2.05, 4.69) is 10.3 Å². The van der Waals surface area contributed by atoms with Crippen LogP contribution >= 0.6 is 0 Å². The van der Waals surface area contributed by atoms with E-state index in [4.69, 9.17) is 4.74 Å². The third kappa shape index (κ3) is 2.86. The van der Waals surface area contributed by atoms with Gasteiger partial charge in [-0.3, -0.25) is 9.36 Å². The molecule has 6 heteroatoms. The van der Waals surface area contributed by atoms with E-state index in [1.807, 2.05) is 24.3 Å². The lowest BCUT2D eigenvalue weighted by atomic mass is 9.74. The number of nitrogens with zero attached hydrogens (tertiary/aromatic N) is 1. The number of imidazole rings is 1. The first-order valence-electron chi connectivity index (χ1n) is 8.77. The summed E-state index contributed by atoms with van der Waals surface area (Å²) in [6, 6.07) is 7.39. The molecule has 1 aliphatic heterocycles. The van der Waals surface area contributed by atoms with Crippen molar-refractivity contribution in [2.75, 3.05) is 6.54 Å². The molecular weight excluding hydrogens is 306 g/mol. The number of hydrogen-bond acceptors (Lipinski definition) is 3. The van der Waals surface area contributed by atoms with Gasteiger partial charge in [0.15, 0.2) is 0 Å². The average molecular weight is 329 g/mol. The number of rotatable bonds is 4. The molecular formula is C18H23N3O3. The van der Waals surface area contributed by atoms with Crippen LogP contribution in [-0.4, -0.2) is 33.7 Å². The standard InChI is InChI=1S/C18H23N3O3/c22-16(12-21-15-7-2-1-6-14(15)20-17(21)23)19-11-13-5-3-8-18(24-13)9-4-10-18/h1-2,6-7,13H,3-5,8-12H2,(H,19,22)(H,20,23). The maximum absolute atomic E-state index is 12.3. The molecule has 1 saturated heterocycles. The maximum Gasteiger partial charge on any atom is 0.326 e. The molecule has 1 unspecified atom stereocenters. The van der Waals surface area contributed by atoms with Crippen molar-refractivity contribution >= 4 is 16.9 Å². The van der Waals surface area contributed by atoms with Crippen LogP contribution in [0.25, 0.3) is 11.0 Å². The van der Waals surface area contributed by atoms with Crippen molar-refractivity contribution in [3.05, 3.63) is 34.7 Å². The Bertz CT molecular complexity index is 803. The van der Waals surface area contributed by atoms with Gasteiger partial charge in [-0.2, -0.15) is 0 Å². The average Bonchev–Trinajstić information content (AvgIpc) is 2.88. The molecule has 4 rings (SSSR count). The summed E-state index contributed by atoms with van der Waals surface area (Å²) in [5.74, 6) is -0.154. The lowest BCUT2D eigenvalue weighted by molar-refractivity contribution is -0.168. The maximum atomic E-state index is 12.3. The van der Waals surface area contributed by atoms with Crippen molar-refractivity contribution in [3.8, 4) is 0 Å². The number of carbonyl (C=O) groups excluding carboxylic acids is 1. The number of ether oxygens (including phenoxy) is 1. The SMILES string of the molecule is O=C(Cn1c(=O)[nH]c2ccccc21)NCC1CCCC2(CCC2)O1. The van der Waals surface area contributed by atoms with Crippen molar-refractivity contribution in [1.82, 2.24) is 14.9 Å². The van der Waals surface area contributed by atoms with E-state index in [0.717, 1.165) is 36.7 Å². The summed E-state index contributed by atoms with van der Waals surface area (Å²) in [5, 5.41) is 2.93. The van der Waals surface area contributed by atoms with Gasteiger partial charge in [0.05, 0.1) is 22.7 Å². The molecule has 2 N–H and O–H groups in total. The fourth-order valence-electron chi connectivity index (χ4n) is 3.90. The van der Waals surface area contributed by atoms with Crippen molar-refractivity contribution in [1.29, 1.82) is 0 Å². The molecule has 24 heavy (non-hydrogen) atoms. The minimum atomic E-state index is -0.256. The van der Waals surface area contributed by atoms with Crippen LogP contribution in [0.2, 0.25) is 0 Å². The zero-order valence-corrected chi connectivity index (χ0v) is 13.7. The van der Waals surface area contributed by atoms with Gasteiger partial charge in [0.2, 0.25) is 5.91 Å². The van der Waals surface area contributed by atoms with Crippen LogP contribution in [0.5, 0.6) is 0 Å². The molecule has 0 radical (unpaired) electrons. The predicted octanol–water partition coefficient (Wildman–Crippen LogP) is 1.94. The van der Waals surface area contributed by atoms with E-state index in [9.17, 15) is 9.59 Å². The van der Waals surface area contributed by atoms with Gasteiger partial charge in [-0.1, -0.05) is 12.1 Å². The normalized spacial score (nSPS) is 22.4. The summed E-state index contributed by atoms with van der Waals surface area (Å²) in [4.78, 5) is 27.0. The second-order valence-corrected chi connectivity index (χ2v) is 7.01. The molecule has 1 saturated carbocycles. The van der Waals surface area contributed by atoms with Gasteiger partial charge in [-0.25, -0.2) is 4.79 Å². The van der Waals surface area contributed by atoms with Gasteiger partial charge >= 0.3 is 5.69 Å². The number of amides is 1. The molecule has 0 bridgehead atoms. The van der Waals surface area contributed by atoms with Crippen LogP contribution in [0, 0.1) is 0 Å². The first kappa shape index (κ1) is 15.4. The zero-order valence-electron chi connectivity index (χ0n) is 13.7. The zero-order chi connectivity index (χ0) is 16.6. The predicted molar refractivity (Wildman–Crippen MR) is 90.9 cm³/mol. The minimum Gasteiger partial charge on any atom is -0.370 e. The quantitative estimate of drug-likeness (QED) is 0.900. The molecule has 1 spiro atoms. The first-order valence-corrected chi connectivity index (χ1v) is 8.77. The van der Waals surface area contributed by atoms with Crippen molar-refractivity contribution in [2.45, 2.75) is 56.8 Å². The Labute approximate surface area is 140 Å². The summed E-state index contributed by atoms with van der Waals surface area (Å²) < 4.78 is 7.67. The van der Waals surface area contributed by atoms with Gasteiger partial charge < -0.3 is 15.0 Å². The molecule has 1 amide bonds. The number of para-hydroxylation sites is 2. The van der Waals surface area contributed by atoms with Gasteiger partial charge in [-0.05, 0) is 50.7 Å². The highest BCUT2D eigenvalue weighted by Gasteiger charge is 2.42. The van der Waals surface area contributed by atoms with E-state index in [0.29, 0.717) is 6.54 Å². The Kier molecular flexibility index (Phi) is 3.92. The second kappa shape index (κ2) is 6.09. The molecule has 1 aromatic heterocycles.